The summed E-state index contributed by atoms with van der Waals surface area (Å²) in [7, 11) is 1.78. The Morgan fingerprint density at radius 2 is 2.11 bits per heavy atom. The Morgan fingerprint density at radius 3 is 2.72 bits per heavy atom. The summed E-state index contributed by atoms with van der Waals surface area (Å²) < 4.78 is 0. The molecule has 1 aliphatic carbocycles. The molecule has 4 heteroatoms. The molecule has 3 unspecified atom stereocenters. The Morgan fingerprint density at radius 1 is 1.33 bits per heavy atom. The van der Waals surface area contributed by atoms with Crippen LogP contribution >= 0.6 is 0 Å². The number of hydrogen-bond donors (Lipinski definition) is 2. The maximum absolute atomic E-state index is 11.5. The fraction of sp³-hybridized carbons (Fsp3) is 0.929. The summed E-state index contributed by atoms with van der Waals surface area (Å²) in [5, 5.41) is 12.5. The fourth-order valence-corrected chi connectivity index (χ4v) is 3.67. The van der Waals surface area contributed by atoms with Crippen LogP contribution in [-0.4, -0.2) is 47.2 Å². The van der Waals surface area contributed by atoms with Gasteiger partial charge in [0.15, 0.2) is 0 Å². The van der Waals surface area contributed by atoms with E-state index in [1.807, 2.05) is 0 Å². The minimum absolute atomic E-state index is 0.446. The number of nitrogens with zero attached hydrogens (tertiary/aromatic N) is 1. The lowest BCUT2D eigenvalue weighted by atomic mass is 9.97. The Balaban J connectivity index is 2.04. The van der Waals surface area contributed by atoms with Gasteiger partial charge in [0.05, 0.1) is 0 Å². The molecular formula is C14H26N2O2. The monoisotopic (exact) mass is 254 g/mol. The molecule has 1 saturated carbocycles. The molecule has 0 amide bonds. The van der Waals surface area contributed by atoms with E-state index < -0.39 is 11.5 Å². The summed E-state index contributed by atoms with van der Waals surface area (Å²) in [4.78, 5) is 14.0. The van der Waals surface area contributed by atoms with Gasteiger partial charge >= 0.3 is 5.97 Å². The lowest BCUT2D eigenvalue weighted by Gasteiger charge is -2.34. The summed E-state index contributed by atoms with van der Waals surface area (Å²) in [6.07, 6.45) is 7.69. The number of rotatable bonds is 3. The Kier molecular flexibility index (Phi) is 4.28. The summed E-state index contributed by atoms with van der Waals surface area (Å²) in [6, 6.07) is 1.06. The first-order valence-electron chi connectivity index (χ1n) is 7.27. The molecule has 2 rings (SSSR count). The normalized spacial score (nSPS) is 38.6. The molecule has 0 bridgehead atoms. The molecule has 1 heterocycles. The topological polar surface area (TPSA) is 52.6 Å². The number of carboxylic acids is 1. The maximum Gasteiger partial charge on any atom is 0.323 e. The van der Waals surface area contributed by atoms with Crippen LogP contribution in [0.4, 0.5) is 0 Å². The first-order valence-corrected chi connectivity index (χ1v) is 7.27. The molecule has 3 atom stereocenters. The molecule has 2 aliphatic rings. The van der Waals surface area contributed by atoms with Crippen LogP contribution < -0.4 is 5.32 Å². The van der Waals surface area contributed by atoms with Gasteiger partial charge in [0.25, 0.3) is 0 Å². The number of aliphatic carboxylic acids is 1. The van der Waals surface area contributed by atoms with Crippen LogP contribution in [0.5, 0.6) is 0 Å². The van der Waals surface area contributed by atoms with E-state index in [0.717, 1.165) is 25.8 Å². The van der Waals surface area contributed by atoms with Gasteiger partial charge in [0.1, 0.15) is 5.54 Å². The number of nitrogens with one attached hydrogen (secondary N) is 1. The maximum atomic E-state index is 11.5. The quantitative estimate of drug-likeness (QED) is 0.807. The third-order valence-electron chi connectivity index (χ3n) is 4.95. The van der Waals surface area contributed by atoms with E-state index in [0.29, 0.717) is 12.1 Å². The molecule has 0 aromatic rings. The van der Waals surface area contributed by atoms with Crippen LogP contribution in [0, 0.1) is 0 Å². The fourth-order valence-electron chi connectivity index (χ4n) is 3.67. The second kappa shape index (κ2) is 5.57. The van der Waals surface area contributed by atoms with Crippen molar-refractivity contribution >= 4 is 5.97 Å². The van der Waals surface area contributed by atoms with Crippen molar-refractivity contribution in [3.63, 3.8) is 0 Å². The summed E-state index contributed by atoms with van der Waals surface area (Å²) in [5.41, 5.74) is -0.684. The van der Waals surface area contributed by atoms with Crippen LogP contribution in [0.2, 0.25) is 0 Å². The highest BCUT2D eigenvalue weighted by molar-refractivity contribution is 5.79. The minimum atomic E-state index is -0.685. The van der Waals surface area contributed by atoms with Gasteiger partial charge in [-0.15, -0.1) is 0 Å². The van der Waals surface area contributed by atoms with E-state index in [2.05, 4.69) is 17.1 Å². The average Bonchev–Trinajstić information content (AvgIpc) is 2.68. The van der Waals surface area contributed by atoms with Crippen LogP contribution in [0.3, 0.4) is 0 Å². The van der Waals surface area contributed by atoms with Crippen LogP contribution in [0.1, 0.15) is 51.9 Å². The molecule has 4 nitrogen and oxygen atoms in total. The Bertz CT molecular complexity index is 308. The van der Waals surface area contributed by atoms with Crippen molar-refractivity contribution in [3.8, 4) is 0 Å². The number of hydrogen-bond acceptors (Lipinski definition) is 3. The molecule has 0 radical (unpaired) electrons. The zero-order chi connectivity index (χ0) is 13.2. The second-order valence-electron chi connectivity index (χ2n) is 5.97. The zero-order valence-electron chi connectivity index (χ0n) is 11.6. The highest BCUT2D eigenvalue weighted by Gasteiger charge is 2.46. The molecule has 0 spiro atoms. The molecule has 0 aromatic carbocycles. The molecule has 18 heavy (non-hydrogen) atoms. The van der Waals surface area contributed by atoms with E-state index in [9.17, 15) is 9.90 Å². The Hall–Kier alpha value is -0.610. The van der Waals surface area contributed by atoms with Gasteiger partial charge in [0, 0.05) is 12.1 Å². The molecule has 104 valence electrons. The minimum Gasteiger partial charge on any atom is -0.480 e. The second-order valence-corrected chi connectivity index (χ2v) is 5.97. The molecule has 1 aliphatic heterocycles. The smallest absolute Gasteiger partial charge is 0.323 e. The predicted octanol–water partition coefficient (Wildman–Crippen LogP) is 1.85. The van der Waals surface area contributed by atoms with Crippen LogP contribution in [0.25, 0.3) is 0 Å². The molecule has 2 fully saturated rings. The van der Waals surface area contributed by atoms with Gasteiger partial charge in [-0.2, -0.15) is 0 Å². The standard InChI is InChI=1S/C14H26N2O2/c1-11-6-4-3-5-9-16(11)12-7-8-14(10-12,15-2)13(17)18/h11-12,15H,3-10H2,1-2H3,(H,17,18). The molecular weight excluding hydrogens is 228 g/mol. The van der Waals surface area contributed by atoms with Crippen molar-refractivity contribution in [1.29, 1.82) is 0 Å². The Labute approximate surface area is 110 Å². The SMILES string of the molecule is CNC1(C(=O)O)CCC(N2CCCCCC2C)C1. The largest absolute Gasteiger partial charge is 0.480 e. The number of carboxylic acid groups (broad SMARTS) is 1. The van der Waals surface area contributed by atoms with Gasteiger partial charge in [0.2, 0.25) is 0 Å². The molecule has 2 N–H and O–H groups in total. The first kappa shape index (κ1) is 13.8. The van der Waals surface area contributed by atoms with Gasteiger partial charge in [-0.3, -0.25) is 9.69 Å². The number of likely N-dealkylation sites (tertiary alicyclic amines) is 1. The van der Waals surface area contributed by atoms with E-state index in [1.165, 1.54) is 25.7 Å². The third kappa shape index (κ3) is 2.54. The predicted molar refractivity (Wildman–Crippen MR) is 71.7 cm³/mol. The van der Waals surface area contributed by atoms with E-state index in [-0.39, 0.29) is 0 Å². The van der Waals surface area contributed by atoms with Gasteiger partial charge in [-0.1, -0.05) is 12.8 Å². The van der Waals surface area contributed by atoms with E-state index in [4.69, 9.17) is 0 Å². The van der Waals surface area contributed by atoms with Gasteiger partial charge < -0.3 is 10.4 Å². The summed E-state index contributed by atoms with van der Waals surface area (Å²) in [6.45, 7) is 3.44. The lowest BCUT2D eigenvalue weighted by molar-refractivity contribution is -0.144. The summed E-state index contributed by atoms with van der Waals surface area (Å²) in [5.74, 6) is -0.685. The van der Waals surface area contributed by atoms with Crippen molar-refractivity contribution in [3.05, 3.63) is 0 Å². The van der Waals surface area contributed by atoms with Crippen molar-refractivity contribution in [2.75, 3.05) is 13.6 Å². The zero-order valence-corrected chi connectivity index (χ0v) is 11.6. The third-order valence-corrected chi connectivity index (χ3v) is 4.95. The van der Waals surface area contributed by atoms with E-state index >= 15 is 0 Å². The lowest BCUT2D eigenvalue weighted by Crippen LogP contribution is -2.50. The van der Waals surface area contributed by atoms with Crippen LogP contribution in [0.15, 0.2) is 0 Å². The van der Waals surface area contributed by atoms with Crippen molar-refractivity contribution in [1.82, 2.24) is 10.2 Å². The van der Waals surface area contributed by atoms with Gasteiger partial charge in [-0.05, 0) is 52.6 Å². The van der Waals surface area contributed by atoms with E-state index in [1.54, 1.807) is 7.05 Å². The molecule has 0 aromatic heterocycles. The van der Waals surface area contributed by atoms with Crippen molar-refractivity contribution < 1.29 is 9.90 Å². The average molecular weight is 254 g/mol. The van der Waals surface area contributed by atoms with Gasteiger partial charge in [-0.25, -0.2) is 0 Å². The highest BCUT2D eigenvalue weighted by Crippen LogP contribution is 2.35. The van der Waals surface area contributed by atoms with Crippen molar-refractivity contribution in [2.45, 2.75) is 69.5 Å². The summed E-state index contributed by atoms with van der Waals surface area (Å²) >= 11 is 0. The number of likely N-dealkylation sites (N-methyl/N-ethyl adjacent to an activating group) is 1. The van der Waals surface area contributed by atoms with Crippen LogP contribution in [-0.2, 0) is 4.79 Å². The first-order chi connectivity index (χ1) is 8.59. The highest BCUT2D eigenvalue weighted by atomic mass is 16.4. The molecule has 1 saturated heterocycles. The van der Waals surface area contributed by atoms with Crippen molar-refractivity contribution in [2.24, 2.45) is 0 Å². The number of carbonyl (C=O) groups is 1.